The van der Waals surface area contributed by atoms with Gasteiger partial charge in [-0.25, -0.2) is 0 Å². The van der Waals surface area contributed by atoms with Crippen LogP contribution in [0.1, 0.15) is 23.6 Å². The Kier molecular flexibility index (Phi) is 3.84. The molecule has 2 nitrogen and oxygen atoms in total. The van der Waals surface area contributed by atoms with E-state index in [0.29, 0.717) is 13.0 Å². The van der Waals surface area contributed by atoms with E-state index in [4.69, 9.17) is 4.74 Å². The van der Waals surface area contributed by atoms with Crippen LogP contribution in [0.4, 0.5) is 0 Å². The minimum absolute atomic E-state index is 0.167. The lowest BCUT2D eigenvalue weighted by Crippen LogP contribution is -2.08. The molecule has 0 N–H and O–H groups in total. The zero-order valence-corrected chi connectivity index (χ0v) is 13.3. The maximum absolute atomic E-state index is 12.0. The highest BCUT2D eigenvalue weighted by molar-refractivity contribution is 6.04. The van der Waals surface area contributed by atoms with Crippen LogP contribution < -0.4 is 0 Å². The molecule has 3 aromatic rings. The van der Waals surface area contributed by atoms with Crippen molar-refractivity contribution in [2.45, 2.75) is 27.2 Å². The Morgan fingerprint density at radius 1 is 0.909 bits per heavy atom. The molecule has 0 spiro atoms. The molecule has 3 aromatic carbocycles. The normalized spacial score (nSPS) is 11.0. The first-order chi connectivity index (χ1) is 10.6. The fraction of sp³-hybridized carbons (Fsp3) is 0.250. The number of carbonyl (C=O) groups excluding carboxylic acids is 1. The first kappa shape index (κ1) is 14.6. The van der Waals surface area contributed by atoms with Gasteiger partial charge in [-0.3, -0.25) is 4.79 Å². The van der Waals surface area contributed by atoms with Crippen LogP contribution in [0, 0.1) is 13.8 Å². The van der Waals surface area contributed by atoms with Crippen molar-refractivity contribution in [3.05, 3.63) is 59.2 Å². The average molecular weight is 292 g/mol. The second-order valence-electron chi connectivity index (χ2n) is 5.79. The van der Waals surface area contributed by atoms with Gasteiger partial charge in [0.2, 0.25) is 0 Å². The van der Waals surface area contributed by atoms with E-state index in [1.807, 2.05) is 6.92 Å². The van der Waals surface area contributed by atoms with Crippen molar-refractivity contribution in [3.63, 3.8) is 0 Å². The van der Waals surface area contributed by atoms with Gasteiger partial charge in [0.25, 0.3) is 0 Å². The SMILES string of the molecule is CCOC(=O)Cc1c2cc(C)ccc2cc2ccc(C)cc12. The number of carbonyl (C=O) groups is 1. The van der Waals surface area contributed by atoms with Crippen LogP contribution in [0.5, 0.6) is 0 Å². The molecule has 0 aliphatic carbocycles. The summed E-state index contributed by atoms with van der Waals surface area (Å²) in [6.07, 6.45) is 0.314. The van der Waals surface area contributed by atoms with Crippen molar-refractivity contribution < 1.29 is 9.53 Å². The Hall–Kier alpha value is -2.35. The van der Waals surface area contributed by atoms with Gasteiger partial charge in [0, 0.05) is 0 Å². The fourth-order valence-corrected chi connectivity index (χ4v) is 2.97. The zero-order chi connectivity index (χ0) is 15.7. The first-order valence-electron chi connectivity index (χ1n) is 7.66. The van der Waals surface area contributed by atoms with Crippen molar-refractivity contribution in [1.82, 2.24) is 0 Å². The van der Waals surface area contributed by atoms with Crippen molar-refractivity contribution in [3.8, 4) is 0 Å². The van der Waals surface area contributed by atoms with E-state index in [0.717, 1.165) is 16.3 Å². The predicted octanol–water partition coefficient (Wildman–Crippen LogP) is 4.72. The third-order valence-corrected chi connectivity index (χ3v) is 4.01. The van der Waals surface area contributed by atoms with Crippen LogP contribution in [-0.2, 0) is 16.0 Å². The molecule has 0 aromatic heterocycles. The van der Waals surface area contributed by atoms with E-state index in [-0.39, 0.29) is 5.97 Å². The summed E-state index contributed by atoms with van der Waals surface area (Å²) in [5.74, 6) is -0.167. The highest BCUT2D eigenvalue weighted by Gasteiger charge is 2.13. The molecule has 0 atom stereocenters. The Morgan fingerprint density at radius 2 is 1.45 bits per heavy atom. The van der Waals surface area contributed by atoms with Gasteiger partial charge < -0.3 is 4.74 Å². The Balaban J connectivity index is 2.31. The summed E-state index contributed by atoms with van der Waals surface area (Å²) in [6.45, 7) is 6.41. The van der Waals surface area contributed by atoms with E-state index in [1.54, 1.807) is 0 Å². The molecular formula is C20H20O2. The molecule has 22 heavy (non-hydrogen) atoms. The highest BCUT2D eigenvalue weighted by Crippen LogP contribution is 2.30. The second kappa shape index (κ2) is 5.80. The molecular weight excluding hydrogens is 272 g/mol. The lowest BCUT2D eigenvalue weighted by atomic mass is 9.93. The van der Waals surface area contributed by atoms with Gasteiger partial charge >= 0.3 is 5.97 Å². The summed E-state index contributed by atoms with van der Waals surface area (Å²) in [5.41, 5.74) is 3.47. The van der Waals surface area contributed by atoms with Gasteiger partial charge in [0.05, 0.1) is 13.0 Å². The molecule has 0 saturated carbocycles. The molecule has 0 bridgehead atoms. The van der Waals surface area contributed by atoms with Crippen LogP contribution in [0.25, 0.3) is 21.5 Å². The number of hydrogen-bond acceptors (Lipinski definition) is 2. The summed E-state index contributed by atoms with van der Waals surface area (Å²) in [7, 11) is 0. The van der Waals surface area contributed by atoms with Crippen molar-refractivity contribution >= 4 is 27.5 Å². The molecule has 0 radical (unpaired) electrons. The van der Waals surface area contributed by atoms with Gasteiger partial charge in [0.15, 0.2) is 0 Å². The van der Waals surface area contributed by atoms with E-state index < -0.39 is 0 Å². The van der Waals surface area contributed by atoms with Crippen LogP contribution >= 0.6 is 0 Å². The van der Waals surface area contributed by atoms with Crippen LogP contribution in [-0.4, -0.2) is 12.6 Å². The summed E-state index contributed by atoms with van der Waals surface area (Å²) in [4.78, 5) is 12.0. The quantitative estimate of drug-likeness (QED) is 0.516. The molecule has 0 heterocycles. The fourth-order valence-electron chi connectivity index (χ4n) is 2.97. The van der Waals surface area contributed by atoms with E-state index in [2.05, 4.69) is 56.3 Å². The third kappa shape index (κ3) is 2.69. The number of hydrogen-bond donors (Lipinski definition) is 0. The monoisotopic (exact) mass is 292 g/mol. The standard InChI is InChI=1S/C20H20O2/c1-4-22-20(21)12-19-17-9-13(2)5-7-15(17)11-16-8-6-14(3)10-18(16)19/h5-11H,4,12H2,1-3H3. The third-order valence-electron chi connectivity index (χ3n) is 4.01. The number of ether oxygens (including phenoxy) is 1. The van der Waals surface area contributed by atoms with Gasteiger partial charge in [-0.2, -0.15) is 0 Å². The maximum atomic E-state index is 12.0. The smallest absolute Gasteiger partial charge is 0.310 e. The van der Waals surface area contributed by atoms with Crippen molar-refractivity contribution in [1.29, 1.82) is 0 Å². The lowest BCUT2D eigenvalue weighted by Gasteiger charge is -2.12. The number of esters is 1. The average Bonchev–Trinajstić information content (AvgIpc) is 2.48. The molecule has 0 unspecified atom stereocenters. The summed E-state index contributed by atoms with van der Waals surface area (Å²) >= 11 is 0. The van der Waals surface area contributed by atoms with Gasteiger partial charge in [-0.1, -0.05) is 47.5 Å². The lowest BCUT2D eigenvalue weighted by molar-refractivity contribution is -0.142. The minimum atomic E-state index is -0.167. The molecule has 0 saturated heterocycles. The van der Waals surface area contributed by atoms with Crippen LogP contribution in [0.3, 0.4) is 0 Å². The summed E-state index contributed by atoms with van der Waals surface area (Å²) < 4.78 is 5.17. The number of benzene rings is 3. The number of fused-ring (bicyclic) bond motifs is 2. The molecule has 2 heteroatoms. The minimum Gasteiger partial charge on any atom is -0.466 e. The second-order valence-corrected chi connectivity index (χ2v) is 5.79. The summed E-state index contributed by atoms with van der Waals surface area (Å²) in [6, 6.07) is 15.0. The Labute approximate surface area is 130 Å². The molecule has 0 fully saturated rings. The van der Waals surface area contributed by atoms with Crippen molar-refractivity contribution in [2.24, 2.45) is 0 Å². The van der Waals surface area contributed by atoms with E-state index in [1.165, 1.54) is 21.9 Å². The highest BCUT2D eigenvalue weighted by atomic mass is 16.5. The van der Waals surface area contributed by atoms with E-state index in [9.17, 15) is 4.79 Å². The zero-order valence-electron chi connectivity index (χ0n) is 13.3. The van der Waals surface area contributed by atoms with Crippen LogP contribution in [0.2, 0.25) is 0 Å². The number of rotatable bonds is 3. The Bertz CT molecular complexity index is 802. The predicted molar refractivity (Wildman–Crippen MR) is 91.3 cm³/mol. The molecule has 0 amide bonds. The molecule has 0 aliphatic rings. The van der Waals surface area contributed by atoms with Gasteiger partial charge in [0.1, 0.15) is 0 Å². The van der Waals surface area contributed by atoms with E-state index >= 15 is 0 Å². The molecule has 112 valence electrons. The van der Waals surface area contributed by atoms with Gasteiger partial charge in [-0.15, -0.1) is 0 Å². The molecule has 0 aliphatic heterocycles. The van der Waals surface area contributed by atoms with Gasteiger partial charge in [-0.05, 0) is 53.9 Å². The first-order valence-corrected chi connectivity index (χ1v) is 7.66. The topological polar surface area (TPSA) is 26.3 Å². The molecule has 3 rings (SSSR count). The Morgan fingerprint density at radius 3 is 1.95 bits per heavy atom. The largest absolute Gasteiger partial charge is 0.466 e. The maximum Gasteiger partial charge on any atom is 0.310 e. The summed E-state index contributed by atoms with van der Waals surface area (Å²) in [5, 5.41) is 4.62. The van der Waals surface area contributed by atoms with Crippen molar-refractivity contribution in [2.75, 3.05) is 6.61 Å². The van der Waals surface area contributed by atoms with Crippen LogP contribution in [0.15, 0.2) is 42.5 Å². The number of aryl methyl sites for hydroxylation is 2.